The highest BCUT2D eigenvalue weighted by Crippen LogP contribution is 2.32. The monoisotopic (exact) mass is 413 g/mol. The number of rotatable bonds is 3. The summed E-state index contributed by atoms with van der Waals surface area (Å²) >= 11 is 0. The van der Waals surface area contributed by atoms with Crippen LogP contribution in [0.15, 0.2) is 6.20 Å². The lowest BCUT2D eigenvalue weighted by molar-refractivity contribution is -0.141. The average molecular weight is 414 g/mol. The first-order valence-corrected chi connectivity index (χ1v) is 11.7. The van der Waals surface area contributed by atoms with Gasteiger partial charge in [-0.2, -0.15) is 0 Å². The SMILES string of the molecule is Cc1nc([C@@H]2CCCCN2C(=O)C2CCN(C)CC2)ncc1C(=O)N1CCCCC1. The fourth-order valence-corrected chi connectivity index (χ4v) is 5.08. The van der Waals surface area contributed by atoms with E-state index in [-0.39, 0.29) is 23.8 Å². The summed E-state index contributed by atoms with van der Waals surface area (Å²) in [6.07, 6.45) is 9.92. The molecule has 3 fully saturated rings. The Labute approximate surface area is 179 Å². The number of aromatic nitrogens is 2. The third kappa shape index (κ3) is 4.51. The molecular formula is C23H35N5O2. The quantitative estimate of drug-likeness (QED) is 0.762. The van der Waals surface area contributed by atoms with E-state index in [0.717, 1.165) is 83.4 Å². The van der Waals surface area contributed by atoms with Gasteiger partial charge in [0.2, 0.25) is 5.91 Å². The highest BCUT2D eigenvalue weighted by Gasteiger charge is 2.35. The van der Waals surface area contributed by atoms with Crippen LogP contribution in [0, 0.1) is 12.8 Å². The molecule has 164 valence electrons. The molecule has 3 aliphatic heterocycles. The second-order valence-electron chi connectivity index (χ2n) is 9.20. The molecule has 3 saturated heterocycles. The minimum Gasteiger partial charge on any atom is -0.339 e. The minimum atomic E-state index is -0.0660. The summed E-state index contributed by atoms with van der Waals surface area (Å²) in [5, 5.41) is 0. The van der Waals surface area contributed by atoms with Crippen molar-refractivity contribution in [2.24, 2.45) is 5.92 Å². The Hall–Kier alpha value is -2.02. The maximum Gasteiger partial charge on any atom is 0.257 e. The Balaban J connectivity index is 1.50. The largest absolute Gasteiger partial charge is 0.339 e. The number of nitrogens with zero attached hydrogens (tertiary/aromatic N) is 5. The van der Waals surface area contributed by atoms with Gasteiger partial charge in [-0.3, -0.25) is 9.59 Å². The number of aryl methyl sites for hydroxylation is 1. The van der Waals surface area contributed by atoms with E-state index in [4.69, 9.17) is 4.98 Å². The van der Waals surface area contributed by atoms with Crippen molar-refractivity contribution in [2.45, 2.75) is 64.3 Å². The molecule has 1 atom stereocenters. The highest BCUT2D eigenvalue weighted by atomic mass is 16.2. The smallest absolute Gasteiger partial charge is 0.257 e. The summed E-state index contributed by atoms with van der Waals surface area (Å²) in [5.74, 6) is 1.12. The number of carbonyl (C=O) groups excluding carboxylic acids is 2. The van der Waals surface area contributed by atoms with Crippen LogP contribution < -0.4 is 0 Å². The fourth-order valence-electron chi connectivity index (χ4n) is 5.08. The van der Waals surface area contributed by atoms with Gasteiger partial charge in [-0.15, -0.1) is 0 Å². The second kappa shape index (κ2) is 9.41. The Morgan fingerprint density at radius 3 is 2.33 bits per heavy atom. The van der Waals surface area contributed by atoms with Crippen LogP contribution in [-0.4, -0.2) is 76.3 Å². The predicted octanol–water partition coefficient (Wildman–Crippen LogP) is 2.81. The zero-order valence-corrected chi connectivity index (χ0v) is 18.5. The van der Waals surface area contributed by atoms with Gasteiger partial charge in [0, 0.05) is 31.7 Å². The average Bonchev–Trinajstić information content (AvgIpc) is 2.79. The number of carbonyl (C=O) groups is 2. The Bertz CT molecular complexity index is 769. The van der Waals surface area contributed by atoms with Gasteiger partial charge in [-0.25, -0.2) is 9.97 Å². The maximum atomic E-state index is 13.3. The van der Waals surface area contributed by atoms with Crippen LogP contribution in [0.1, 0.15) is 79.3 Å². The van der Waals surface area contributed by atoms with E-state index in [2.05, 4.69) is 16.9 Å². The molecule has 1 aromatic rings. The normalized spacial score (nSPS) is 24.1. The Kier molecular flexibility index (Phi) is 6.66. The summed E-state index contributed by atoms with van der Waals surface area (Å²) in [6.45, 7) is 6.29. The molecule has 4 rings (SSSR count). The summed E-state index contributed by atoms with van der Waals surface area (Å²) in [7, 11) is 2.12. The van der Waals surface area contributed by atoms with Crippen LogP contribution in [0.25, 0.3) is 0 Å². The van der Waals surface area contributed by atoms with Crippen molar-refractivity contribution in [3.8, 4) is 0 Å². The molecule has 30 heavy (non-hydrogen) atoms. The standard InChI is InChI=1S/C23H35N5O2/c1-17-19(23(30)27-11-5-3-6-12-27)16-24-21(25-17)20-8-4-7-13-28(20)22(29)18-9-14-26(2)15-10-18/h16,18,20H,3-15H2,1-2H3/t20-/m0/s1. The van der Waals surface area contributed by atoms with Gasteiger partial charge in [0.15, 0.2) is 5.82 Å². The molecule has 0 radical (unpaired) electrons. The van der Waals surface area contributed by atoms with Gasteiger partial charge < -0.3 is 14.7 Å². The molecule has 0 aromatic carbocycles. The molecule has 1 aromatic heterocycles. The van der Waals surface area contributed by atoms with Gasteiger partial charge in [-0.1, -0.05) is 0 Å². The van der Waals surface area contributed by atoms with E-state index in [1.165, 1.54) is 6.42 Å². The molecule has 0 bridgehead atoms. The molecule has 3 aliphatic rings. The topological polar surface area (TPSA) is 69.6 Å². The van der Waals surface area contributed by atoms with Crippen molar-refractivity contribution in [1.29, 1.82) is 0 Å². The van der Waals surface area contributed by atoms with Gasteiger partial charge in [0.05, 0.1) is 17.3 Å². The van der Waals surface area contributed by atoms with E-state index >= 15 is 0 Å². The first kappa shape index (κ1) is 21.2. The van der Waals surface area contributed by atoms with E-state index in [1.54, 1.807) is 6.20 Å². The molecular weight excluding hydrogens is 378 g/mol. The lowest BCUT2D eigenvalue weighted by atomic mass is 9.92. The van der Waals surface area contributed by atoms with Crippen LogP contribution in [0.5, 0.6) is 0 Å². The molecule has 0 N–H and O–H groups in total. The summed E-state index contributed by atoms with van der Waals surface area (Å²) in [5.41, 5.74) is 1.33. The van der Waals surface area contributed by atoms with E-state index in [0.29, 0.717) is 11.4 Å². The van der Waals surface area contributed by atoms with Gasteiger partial charge in [-0.05, 0) is 78.4 Å². The molecule has 0 unspecified atom stereocenters. The number of amides is 2. The summed E-state index contributed by atoms with van der Waals surface area (Å²) < 4.78 is 0. The van der Waals surface area contributed by atoms with Crippen molar-refractivity contribution >= 4 is 11.8 Å². The summed E-state index contributed by atoms with van der Waals surface area (Å²) in [4.78, 5) is 41.8. The van der Waals surface area contributed by atoms with Crippen LogP contribution in [0.2, 0.25) is 0 Å². The van der Waals surface area contributed by atoms with Crippen LogP contribution in [0.3, 0.4) is 0 Å². The second-order valence-corrected chi connectivity index (χ2v) is 9.20. The molecule has 4 heterocycles. The number of hydrogen-bond acceptors (Lipinski definition) is 5. The summed E-state index contributed by atoms with van der Waals surface area (Å²) in [6, 6.07) is -0.0660. The maximum absolute atomic E-state index is 13.3. The Morgan fingerprint density at radius 1 is 0.933 bits per heavy atom. The van der Waals surface area contributed by atoms with E-state index in [1.807, 2.05) is 16.7 Å². The van der Waals surface area contributed by atoms with Crippen molar-refractivity contribution in [1.82, 2.24) is 24.7 Å². The molecule has 2 amide bonds. The molecule has 0 aliphatic carbocycles. The van der Waals surface area contributed by atoms with Crippen LogP contribution in [-0.2, 0) is 4.79 Å². The van der Waals surface area contributed by atoms with Crippen molar-refractivity contribution in [3.63, 3.8) is 0 Å². The van der Waals surface area contributed by atoms with E-state index < -0.39 is 0 Å². The van der Waals surface area contributed by atoms with Crippen molar-refractivity contribution < 1.29 is 9.59 Å². The first-order valence-electron chi connectivity index (χ1n) is 11.7. The van der Waals surface area contributed by atoms with Crippen molar-refractivity contribution in [2.75, 3.05) is 39.8 Å². The molecule has 0 spiro atoms. The first-order chi connectivity index (χ1) is 14.5. The molecule has 7 heteroatoms. The lowest BCUT2D eigenvalue weighted by Crippen LogP contribution is -2.45. The third-order valence-corrected chi connectivity index (χ3v) is 7.02. The Morgan fingerprint density at radius 2 is 1.63 bits per heavy atom. The van der Waals surface area contributed by atoms with Crippen LogP contribution >= 0.6 is 0 Å². The minimum absolute atomic E-state index is 0.0432. The van der Waals surface area contributed by atoms with E-state index in [9.17, 15) is 9.59 Å². The zero-order chi connectivity index (χ0) is 21.1. The zero-order valence-electron chi connectivity index (χ0n) is 18.5. The third-order valence-electron chi connectivity index (χ3n) is 7.02. The van der Waals surface area contributed by atoms with Gasteiger partial charge in [0.25, 0.3) is 5.91 Å². The van der Waals surface area contributed by atoms with Crippen LogP contribution in [0.4, 0.5) is 0 Å². The highest BCUT2D eigenvalue weighted by molar-refractivity contribution is 5.95. The lowest BCUT2D eigenvalue weighted by Gasteiger charge is -2.39. The predicted molar refractivity (Wildman–Crippen MR) is 115 cm³/mol. The molecule has 0 saturated carbocycles. The molecule has 7 nitrogen and oxygen atoms in total. The van der Waals surface area contributed by atoms with Crippen molar-refractivity contribution in [3.05, 3.63) is 23.3 Å². The van der Waals surface area contributed by atoms with Gasteiger partial charge in [0.1, 0.15) is 0 Å². The number of likely N-dealkylation sites (tertiary alicyclic amines) is 3. The number of hydrogen-bond donors (Lipinski definition) is 0. The number of piperidine rings is 3. The fraction of sp³-hybridized carbons (Fsp3) is 0.739. The van der Waals surface area contributed by atoms with Gasteiger partial charge >= 0.3 is 0 Å².